The summed E-state index contributed by atoms with van der Waals surface area (Å²) in [5, 5.41) is 2.03. The maximum atomic E-state index is 13.1. The Hall–Kier alpha value is -1.49. The predicted octanol–water partition coefficient (Wildman–Crippen LogP) is 0.882. The Kier molecular flexibility index (Phi) is 7.12. The quantitative estimate of drug-likeness (QED) is 0.601. The topological polar surface area (TPSA) is 111 Å². The Morgan fingerprint density at radius 1 is 1.40 bits per heavy atom. The number of carbonyl (C=O) groups is 1. The van der Waals surface area contributed by atoms with Crippen LogP contribution in [0.3, 0.4) is 0 Å². The molecule has 4 N–H and O–H groups in total. The van der Waals surface area contributed by atoms with Crippen molar-refractivity contribution in [1.29, 1.82) is 0 Å². The zero-order chi connectivity index (χ0) is 18.0. The summed E-state index contributed by atoms with van der Waals surface area (Å²) in [7, 11) is -2.57. The van der Waals surface area contributed by atoms with Crippen molar-refractivity contribution in [2.75, 3.05) is 20.2 Å². The summed E-state index contributed by atoms with van der Waals surface area (Å²) in [6, 6.07) is 3.57. The van der Waals surface area contributed by atoms with Gasteiger partial charge in [-0.05, 0) is 31.0 Å². The van der Waals surface area contributed by atoms with Crippen LogP contribution in [0.25, 0.3) is 0 Å². The molecule has 11 heteroatoms. The first-order valence-corrected chi connectivity index (χ1v) is 8.73. The van der Waals surface area contributed by atoms with Crippen molar-refractivity contribution in [3.05, 3.63) is 23.8 Å². The molecule has 0 radical (unpaired) electrons. The van der Waals surface area contributed by atoms with Crippen LogP contribution >= 0.6 is 12.4 Å². The van der Waals surface area contributed by atoms with E-state index in [0.29, 0.717) is 0 Å². The van der Waals surface area contributed by atoms with E-state index < -0.39 is 34.9 Å². The van der Waals surface area contributed by atoms with Crippen molar-refractivity contribution in [2.24, 2.45) is 5.73 Å². The minimum absolute atomic E-state index is 0. The van der Waals surface area contributed by atoms with E-state index in [1.54, 1.807) is 0 Å². The number of hydrogen-bond donors (Lipinski definition) is 3. The van der Waals surface area contributed by atoms with Gasteiger partial charge in [-0.3, -0.25) is 4.79 Å². The second-order valence-corrected chi connectivity index (χ2v) is 7.19. The second-order valence-electron chi connectivity index (χ2n) is 5.50. The van der Waals surface area contributed by atoms with Crippen molar-refractivity contribution < 1.29 is 26.7 Å². The molecule has 7 nitrogen and oxygen atoms in total. The fourth-order valence-corrected chi connectivity index (χ4v) is 3.40. The molecule has 0 bridgehead atoms. The molecule has 0 atom stereocenters. The maximum Gasteiger partial charge on any atom is 0.277 e. The van der Waals surface area contributed by atoms with Crippen LogP contribution in [0.4, 0.5) is 8.78 Å². The number of benzene rings is 1. The number of alkyl halides is 2. The zero-order valence-electron chi connectivity index (χ0n) is 13.4. The lowest BCUT2D eigenvalue weighted by molar-refractivity contribution is 0.0118. The van der Waals surface area contributed by atoms with Crippen LogP contribution in [0.1, 0.15) is 23.2 Å². The number of halogens is 3. The van der Waals surface area contributed by atoms with Crippen LogP contribution in [0.5, 0.6) is 5.75 Å². The number of rotatable bonds is 8. The summed E-state index contributed by atoms with van der Waals surface area (Å²) >= 11 is 0. The van der Waals surface area contributed by atoms with E-state index in [1.807, 2.05) is 5.32 Å². The van der Waals surface area contributed by atoms with E-state index in [4.69, 9.17) is 10.5 Å². The molecular weight excluding hydrogens is 380 g/mol. The Morgan fingerprint density at radius 3 is 2.56 bits per heavy atom. The highest BCUT2D eigenvalue weighted by atomic mass is 35.5. The first-order valence-electron chi connectivity index (χ1n) is 7.25. The van der Waals surface area contributed by atoms with Gasteiger partial charge in [-0.15, -0.1) is 12.4 Å². The molecule has 1 aliphatic rings. The number of carbonyl (C=O) groups excluding carboxylic acids is 1. The molecule has 1 aromatic carbocycles. The first kappa shape index (κ1) is 21.6. The monoisotopic (exact) mass is 399 g/mol. The first-order chi connectivity index (χ1) is 11.2. The van der Waals surface area contributed by atoms with Gasteiger partial charge in [0.1, 0.15) is 10.6 Å². The lowest BCUT2D eigenvalue weighted by Crippen LogP contribution is -2.41. The summed E-state index contributed by atoms with van der Waals surface area (Å²) in [6.45, 7) is -1.84. The fourth-order valence-electron chi connectivity index (χ4n) is 1.90. The fraction of sp³-hybridized carbons (Fsp3) is 0.500. The molecule has 25 heavy (non-hydrogen) atoms. The van der Waals surface area contributed by atoms with Gasteiger partial charge in [0.2, 0.25) is 10.0 Å². The van der Waals surface area contributed by atoms with Gasteiger partial charge >= 0.3 is 0 Å². The summed E-state index contributed by atoms with van der Waals surface area (Å²) in [5.74, 6) is -3.99. The third-order valence-corrected chi connectivity index (χ3v) is 4.96. The SMILES string of the molecule is COc1ccc(C(=O)NCC(F)(F)CN)cc1S(=O)(=O)NC1CC1.Cl. The van der Waals surface area contributed by atoms with E-state index in [1.165, 1.54) is 19.2 Å². The van der Waals surface area contributed by atoms with Crippen LogP contribution in [0, 0.1) is 0 Å². The van der Waals surface area contributed by atoms with Gasteiger partial charge in [0.05, 0.1) is 20.2 Å². The average Bonchev–Trinajstić information content (AvgIpc) is 3.35. The molecule has 1 aromatic rings. The Bertz CT molecular complexity index is 727. The minimum Gasteiger partial charge on any atom is -0.495 e. The van der Waals surface area contributed by atoms with Crippen LogP contribution in [-0.2, 0) is 10.0 Å². The lowest BCUT2D eigenvalue weighted by atomic mass is 10.2. The van der Waals surface area contributed by atoms with Gasteiger partial charge in [0.25, 0.3) is 11.8 Å². The molecule has 142 valence electrons. The molecule has 1 amide bonds. The largest absolute Gasteiger partial charge is 0.495 e. The zero-order valence-corrected chi connectivity index (χ0v) is 15.1. The molecule has 1 fully saturated rings. The van der Waals surface area contributed by atoms with E-state index in [2.05, 4.69) is 4.72 Å². The number of amides is 1. The standard InChI is InChI=1S/C14H19F2N3O4S.ClH/c1-23-11-5-2-9(13(20)18-8-14(15,16)7-17)6-12(11)24(21,22)19-10-3-4-10;/h2,5-6,10,19H,3-4,7-8,17H2,1H3,(H,18,20);1H. The summed E-state index contributed by atoms with van der Waals surface area (Å²) < 4.78 is 58.4. The molecular formula is C14H20ClF2N3O4S. The van der Waals surface area contributed by atoms with Crippen molar-refractivity contribution in [3.63, 3.8) is 0 Å². The molecule has 2 rings (SSSR count). The van der Waals surface area contributed by atoms with Crippen molar-refractivity contribution in [2.45, 2.75) is 29.7 Å². The number of ether oxygens (including phenoxy) is 1. The third kappa shape index (κ3) is 5.77. The van der Waals surface area contributed by atoms with Gasteiger partial charge in [0.15, 0.2) is 0 Å². The van der Waals surface area contributed by atoms with E-state index in [9.17, 15) is 22.0 Å². The number of sulfonamides is 1. The van der Waals surface area contributed by atoms with E-state index >= 15 is 0 Å². The van der Waals surface area contributed by atoms with Gasteiger partial charge < -0.3 is 15.8 Å². The molecule has 0 spiro atoms. The molecule has 1 aliphatic carbocycles. The molecule has 0 aliphatic heterocycles. The normalized spacial score (nSPS) is 14.6. The number of methoxy groups -OCH3 is 1. The van der Waals surface area contributed by atoms with E-state index in [-0.39, 0.29) is 34.7 Å². The maximum absolute atomic E-state index is 13.1. The highest BCUT2D eigenvalue weighted by Crippen LogP contribution is 2.28. The Labute approximate surface area is 150 Å². The van der Waals surface area contributed by atoms with Crippen LogP contribution in [0.2, 0.25) is 0 Å². The predicted molar refractivity (Wildman–Crippen MR) is 89.9 cm³/mol. The molecule has 1 saturated carbocycles. The Morgan fingerprint density at radius 2 is 2.04 bits per heavy atom. The van der Waals surface area contributed by atoms with Crippen molar-refractivity contribution in [3.8, 4) is 5.75 Å². The number of nitrogens with one attached hydrogen (secondary N) is 2. The second kappa shape index (κ2) is 8.26. The van der Waals surface area contributed by atoms with Gasteiger partial charge in [-0.2, -0.15) is 0 Å². The molecule has 0 unspecified atom stereocenters. The third-order valence-electron chi connectivity index (χ3n) is 3.42. The van der Waals surface area contributed by atoms with Gasteiger partial charge in [0, 0.05) is 11.6 Å². The molecule has 0 aromatic heterocycles. The molecule has 0 saturated heterocycles. The average molecular weight is 400 g/mol. The summed E-state index contributed by atoms with van der Waals surface area (Å²) in [4.78, 5) is 11.8. The van der Waals surface area contributed by atoms with Gasteiger partial charge in [-0.1, -0.05) is 0 Å². The van der Waals surface area contributed by atoms with Crippen molar-refractivity contribution >= 4 is 28.3 Å². The summed E-state index contributed by atoms with van der Waals surface area (Å²) in [5.41, 5.74) is 4.83. The molecule has 0 heterocycles. The van der Waals surface area contributed by atoms with Crippen LogP contribution in [-0.4, -0.2) is 46.5 Å². The highest BCUT2D eigenvalue weighted by molar-refractivity contribution is 7.89. The Balaban J connectivity index is 0.00000312. The number of hydrogen-bond acceptors (Lipinski definition) is 5. The number of nitrogens with two attached hydrogens (primary N) is 1. The van der Waals surface area contributed by atoms with E-state index in [0.717, 1.165) is 18.9 Å². The minimum atomic E-state index is -3.87. The highest BCUT2D eigenvalue weighted by Gasteiger charge is 2.31. The van der Waals surface area contributed by atoms with Crippen LogP contribution < -0.4 is 20.5 Å². The smallest absolute Gasteiger partial charge is 0.277 e. The van der Waals surface area contributed by atoms with Crippen molar-refractivity contribution in [1.82, 2.24) is 10.0 Å². The lowest BCUT2D eigenvalue weighted by Gasteiger charge is -2.15. The summed E-state index contributed by atoms with van der Waals surface area (Å²) in [6.07, 6.45) is 1.49. The van der Waals surface area contributed by atoms with Gasteiger partial charge in [-0.25, -0.2) is 21.9 Å². The van der Waals surface area contributed by atoms with Crippen LogP contribution in [0.15, 0.2) is 23.1 Å².